The predicted molar refractivity (Wildman–Crippen MR) is 89.1 cm³/mol. The molecular formula is C16H15ClN2O5. The molecule has 0 spiro atoms. The Labute approximate surface area is 142 Å². The van der Waals surface area contributed by atoms with E-state index in [4.69, 9.17) is 11.6 Å². The number of nitrogens with zero attached hydrogens (tertiary/aromatic N) is 1. The van der Waals surface area contributed by atoms with E-state index >= 15 is 0 Å². The molecule has 0 atom stereocenters. The summed E-state index contributed by atoms with van der Waals surface area (Å²) in [6.07, 6.45) is 1.21. The van der Waals surface area contributed by atoms with Gasteiger partial charge in [-0.1, -0.05) is 11.6 Å². The number of amides is 1. The number of rotatable bonds is 3. The average molecular weight is 351 g/mol. The summed E-state index contributed by atoms with van der Waals surface area (Å²) >= 11 is 6.10. The molecule has 2 aromatic rings. The summed E-state index contributed by atoms with van der Waals surface area (Å²) in [4.78, 5) is 11.9. The number of hydrogen-bond donors (Lipinski definition) is 5. The van der Waals surface area contributed by atoms with E-state index in [0.29, 0.717) is 21.7 Å². The largest absolute Gasteiger partial charge is 0.507 e. The summed E-state index contributed by atoms with van der Waals surface area (Å²) in [5.41, 5.74) is 3.51. The van der Waals surface area contributed by atoms with Crippen LogP contribution in [0, 0.1) is 13.8 Å². The van der Waals surface area contributed by atoms with Crippen LogP contribution in [-0.4, -0.2) is 32.5 Å². The van der Waals surface area contributed by atoms with E-state index in [-0.39, 0.29) is 11.3 Å². The van der Waals surface area contributed by atoms with Crippen molar-refractivity contribution in [3.8, 4) is 23.0 Å². The molecule has 2 rings (SSSR count). The molecule has 2 aromatic carbocycles. The topological polar surface area (TPSA) is 122 Å². The minimum atomic E-state index is -0.811. The van der Waals surface area contributed by atoms with Crippen LogP contribution in [0.3, 0.4) is 0 Å². The van der Waals surface area contributed by atoms with Gasteiger partial charge in [-0.15, -0.1) is 0 Å². The lowest BCUT2D eigenvalue weighted by Gasteiger charge is -2.09. The van der Waals surface area contributed by atoms with E-state index in [1.165, 1.54) is 12.3 Å². The molecular weight excluding hydrogens is 336 g/mol. The zero-order chi connectivity index (χ0) is 18.0. The molecule has 126 valence electrons. The number of aryl methyl sites for hydroxylation is 1. The molecule has 0 saturated carbocycles. The van der Waals surface area contributed by atoms with Gasteiger partial charge >= 0.3 is 0 Å². The van der Waals surface area contributed by atoms with Gasteiger partial charge in [0.05, 0.1) is 11.8 Å². The van der Waals surface area contributed by atoms with Gasteiger partial charge in [0, 0.05) is 22.7 Å². The highest BCUT2D eigenvalue weighted by molar-refractivity contribution is 6.32. The lowest BCUT2D eigenvalue weighted by molar-refractivity contribution is 0.0952. The fourth-order valence-electron chi connectivity index (χ4n) is 2.08. The van der Waals surface area contributed by atoms with Gasteiger partial charge in [-0.2, -0.15) is 5.10 Å². The third-order valence-corrected chi connectivity index (χ3v) is 3.99. The minimum absolute atomic E-state index is 0.0440. The molecule has 0 saturated heterocycles. The number of benzene rings is 2. The molecule has 0 aliphatic heterocycles. The Kier molecular flexibility index (Phi) is 4.85. The van der Waals surface area contributed by atoms with E-state index in [2.05, 4.69) is 10.5 Å². The molecule has 0 aliphatic carbocycles. The maximum atomic E-state index is 11.9. The summed E-state index contributed by atoms with van der Waals surface area (Å²) in [7, 11) is 0. The zero-order valence-corrected chi connectivity index (χ0v) is 13.6. The van der Waals surface area contributed by atoms with Crippen molar-refractivity contribution in [2.24, 2.45) is 5.10 Å². The summed E-state index contributed by atoms with van der Waals surface area (Å²) in [6.45, 7) is 3.44. The zero-order valence-electron chi connectivity index (χ0n) is 12.8. The lowest BCUT2D eigenvalue weighted by Crippen LogP contribution is -2.17. The van der Waals surface area contributed by atoms with Crippen LogP contribution in [0.5, 0.6) is 23.0 Å². The smallest absolute Gasteiger partial charge is 0.275 e. The quantitative estimate of drug-likeness (QED) is 0.252. The Morgan fingerprint density at radius 3 is 2.33 bits per heavy atom. The number of halogens is 1. The average Bonchev–Trinajstić information content (AvgIpc) is 2.51. The molecule has 24 heavy (non-hydrogen) atoms. The van der Waals surface area contributed by atoms with Crippen molar-refractivity contribution in [1.82, 2.24) is 5.43 Å². The molecule has 7 nitrogen and oxygen atoms in total. The molecule has 0 radical (unpaired) electrons. The van der Waals surface area contributed by atoms with Crippen LogP contribution in [0.15, 0.2) is 23.3 Å². The van der Waals surface area contributed by atoms with Crippen molar-refractivity contribution in [1.29, 1.82) is 0 Å². The lowest BCUT2D eigenvalue weighted by atomic mass is 10.1. The Bertz CT molecular complexity index is 849. The Balaban J connectivity index is 2.23. The van der Waals surface area contributed by atoms with Gasteiger partial charge in [0.2, 0.25) is 0 Å². The highest BCUT2D eigenvalue weighted by Crippen LogP contribution is 2.32. The van der Waals surface area contributed by atoms with Crippen LogP contribution in [0.4, 0.5) is 0 Å². The molecule has 5 N–H and O–H groups in total. The molecule has 0 unspecified atom stereocenters. The predicted octanol–water partition coefficient (Wildman–Crippen LogP) is 2.54. The number of nitrogens with one attached hydrogen (secondary N) is 1. The first-order chi connectivity index (χ1) is 11.2. The van der Waals surface area contributed by atoms with Gasteiger partial charge in [-0.3, -0.25) is 4.79 Å². The fourth-order valence-corrected chi connectivity index (χ4v) is 2.23. The van der Waals surface area contributed by atoms with Gasteiger partial charge in [0.25, 0.3) is 5.91 Å². The Morgan fingerprint density at radius 1 is 1.04 bits per heavy atom. The molecule has 1 amide bonds. The van der Waals surface area contributed by atoms with Crippen LogP contribution in [0.25, 0.3) is 0 Å². The van der Waals surface area contributed by atoms with E-state index < -0.39 is 23.2 Å². The summed E-state index contributed by atoms with van der Waals surface area (Å²) in [5, 5.41) is 42.3. The van der Waals surface area contributed by atoms with E-state index in [9.17, 15) is 25.2 Å². The van der Waals surface area contributed by atoms with Crippen LogP contribution in [-0.2, 0) is 0 Å². The number of aromatic hydroxyl groups is 4. The molecule has 0 heterocycles. The first-order valence-electron chi connectivity index (χ1n) is 6.79. The summed E-state index contributed by atoms with van der Waals surface area (Å²) < 4.78 is 0. The maximum absolute atomic E-state index is 11.9. The Hall–Kier alpha value is -2.93. The van der Waals surface area contributed by atoms with Crippen LogP contribution in [0.1, 0.15) is 27.0 Å². The monoisotopic (exact) mass is 350 g/mol. The molecule has 0 aliphatic rings. The highest BCUT2D eigenvalue weighted by atomic mass is 35.5. The number of carbonyl (C=O) groups is 1. The first-order valence-corrected chi connectivity index (χ1v) is 7.17. The van der Waals surface area contributed by atoms with Gasteiger partial charge < -0.3 is 20.4 Å². The van der Waals surface area contributed by atoms with Crippen LogP contribution in [0.2, 0.25) is 5.02 Å². The van der Waals surface area contributed by atoms with Crippen molar-refractivity contribution in [3.63, 3.8) is 0 Å². The second kappa shape index (κ2) is 6.67. The maximum Gasteiger partial charge on any atom is 0.275 e. The highest BCUT2D eigenvalue weighted by Gasteiger charge is 2.15. The number of phenols is 4. The normalized spacial score (nSPS) is 11.0. The third-order valence-electron chi connectivity index (χ3n) is 3.41. The second-order valence-corrected chi connectivity index (χ2v) is 5.50. The van der Waals surface area contributed by atoms with Crippen molar-refractivity contribution in [2.75, 3.05) is 0 Å². The Morgan fingerprint density at radius 2 is 1.67 bits per heavy atom. The van der Waals surface area contributed by atoms with Gasteiger partial charge in [-0.05, 0) is 31.0 Å². The van der Waals surface area contributed by atoms with E-state index in [1.807, 2.05) is 0 Å². The van der Waals surface area contributed by atoms with Gasteiger partial charge in [-0.25, -0.2) is 5.43 Å². The number of phenolic OH excluding ortho intramolecular Hbond substituents is 4. The second-order valence-electron chi connectivity index (χ2n) is 5.12. The molecule has 0 fully saturated rings. The van der Waals surface area contributed by atoms with Crippen LogP contribution >= 0.6 is 11.6 Å². The van der Waals surface area contributed by atoms with Crippen molar-refractivity contribution in [2.45, 2.75) is 13.8 Å². The van der Waals surface area contributed by atoms with Crippen molar-refractivity contribution >= 4 is 23.7 Å². The SMILES string of the molecule is Cc1cc(O)c(/C=N/NC(=O)c2cc(O)c(O)cc2O)c(C)c1Cl. The number of carbonyl (C=O) groups excluding carboxylic acids is 1. The third kappa shape index (κ3) is 3.36. The number of hydrazone groups is 1. The molecule has 0 bridgehead atoms. The van der Waals surface area contributed by atoms with E-state index in [0.717, 1.165) is 12.1 Å². The standard InChI is InChI=1S/C16H15ClN2O5/c1-7-3-11(20)10(8(2)15(7)17)6-18-19-16(24)9-4-13(22)14(23)5-12(9)21/h3-6,20-23H,1-2H3,(H,19,24)/b18-6+. The fraction of sp³-hybridized carbons (Fsp3) is 0.125. The van der Waals surface area contributed by atoms with E-state index in [1.54, 1.807) is 13.8 Å². The molecule has 8 heteroatoms. The summed E-state index contributed by atoms with van der Waals surface area (Å²) in [6, 6.07) is 3.22. The first kappa shape index (κ1) is 17.4. The van der Waals surface area contributed by atoms with Crippen molar-refractivity contribution in [3.05, 3.63) is 45.5 Å². The van der Waals surface area contributed by atoms with Crippen molar-refractivity contribution < 1.29 is 25.2 Å². The van der Waals surface area contributed by atoms with Gasteiger partial charge in [0.15, 0.2) is 11.5 Å². The van der Waals surface area contributed by atoms with Gasteiger partial charge in [0.1, 0.15) is 11.5 Å². The molecule has 0 aromatic heterocycles. The van der Waals surface area contributed by atoms with Crippen LogP contribution < -0.4 is 5.43 Å². The minimum Gasteiger partial charge on any atom is -0.507 e. The summed E-state index contributed by atoms with van der Waals surface area (Å²) in [5.74, 6) is -2.48. The number of hydrogen-bond acceptors (Lipinski definition) is 6.